The highest BCUT2D eigenvalue weighted by atomic mass is 19.1. The number of nitrogen functional groups attached to an aromatic ring is 1. The van der Waals surface area contributed by atoms with Crippen LogP contribution in [0.15, 0.2) is 18.2 Å². The highest BCUT2D eigenvalue weighted by molar-refractivity contribution is 5.97. The number of nitrogens with one attached hydrogen (secondary N) is 1. The molecular weight excluding hydrogens is 211 g/mol. The molecule has 3 N–H and O–H groups in total. The summed E-state index contributed by atoms with van der Waals surface area (Å²) in [4.78, 5) is 0. The number of hydrogen-bond acceptors (Lipinski definition) is 3. The van der Waals surface area contributed by atoms with Gasteiger partial charge in [0.25, 0.3) is 0 Å². The Kier molecular flexibility index (Phi) is 3.05. The molecule has 86 valence electrons. The monoisotopic (exact) mass is 224 g/mol. The number of hydrogen-bond donors (Lipinski definition) is 2. The second kappa shape index (κ2) is 4.49. The zero-order valence-corrected chi connectivity index (χ0v) is 8.70. The van der Waals surface area contributed by atoms with Gasteiger partial charge in [-0.05, 0) is 12.1 Å². The van der Waals surface area contributed by atoms with E-state index in [0.29, 0.717) is 19.0 Å². The van der Waals surface area contributed by atoms with Gasteiger partial charge in [0.1, 0.15) is 23.5 Å². The lowest BCUT2D eigenvalue weighted by Crippen LogP contribution is -2.20. The van der Waals surface area contributed by atoms with Crippen LogP contribution in [0.25, 0.3) is 0 Å². The van der Waals surface area contributed by atoms with E-state index < -0.39 is 5.82 Å². The average Bonchev–Trinajstić information content (AvgIpc) is 2.70. The van der Waals surface area contributed by atoms with Crippen LogP contribution in [0.2, 0.25) is 0 Å². The number of halogens is 1. The highest BCUT2D eigenvalue weighted by Crippen LogP contribution is 2.23. The second-order valence-corrected chi connectivity index (χ2v) is 3.63. The van der Waals surface area contributed by atoms with E-state index >= 15 is 0 Å². The molecule has 1 aromatic rings. The summed E-state index contributed by atoms with van der Waals surface area (Å²) >= 11 is 0. The molecule has 2 rings (SSSR count). The molecule has 0 saturated carbocycles. The maximum atomic E-state index is 13.4. The number of benzene rings is 1. The lowest BCUT2D eigenvalue weighted by molar-refractivity contribution is 0.141. The molecular formula is C11H13FN2O2. The maximum Gasteiger partial charge on any atom is 0.137 e. The van der Waals surface area contributed by atoms with Crippen molar-refractivity contribution in [2.75, 3.05) is 13.2 Å². The van der Waals surface area contributed by atoms with Crippen molar-refractivity contribution < 1.29 is 13.9 Å². The fourth-order valence-corrected chi connectivity index (χ4v) is 1.65. The summed E-state index contributed by atoms with van der Waals surface area (Å²) in [7, 11) is 0. The van der Waals surface area contributed by atoms with Gasteiger partial charge in [-0.2, -0.15) is 0 Å². The standard InChI is InChI=1S/C11H13FN2O2/c12-8-2-1-3-9(10(8)11(13)14)16-7-4-5-15-6-7/h1-3,7H,4-6H2,(H3,13,14). The molecule has 0 radical (unpaired) electrons. The van der Waals surface area contributed by atoms with Gasteiger partial charge in [0.2, 0.25) is 0 Å². The highest BCUT2D eigenvalue weighted by Gasteiger charge is 2.20. The molecule has 0 aliphatic carbocycles. The summed E-state index contributed by atoms with van der Waals surface area (Å²) in [5, 5.41) is 7.32. The van der Waals surface area contributed by atoms with Crippen molar-refractivity contribution in [1.29, 1.82) is 5.41 Å². The topological polar surface area (TPSA) is 68.3 Å². The molecule has 1 aliphatic rings. The van der Waals surface area contributed by atoms with E-state index in [1.54, 1.807) is 6.07 Å². The summed E-state index contributed by atoms with van der Waals surface area (Å²) in [5.74, 6) is -0.557. The number of amidine groups is 1. The van der Waals surface area contributed by atoms with Gasteiger partial charge in [0.15, 0.2) is 0 Å². The smallest absolute Gasteiger partial charge is 0.137 e. The molecule has 0 spiro atoms. The van der Waals surface area contributed by atoms with E-state index in [1.807, 2.05) is 0 Å². The second-order valence-electron chi connectivity index (χ2n) is 3.63. The number of nitrogens with two attached hydrogens (primary N) is 1. The van der Waals surface area contributed by atoms with Gasteiger partial charge in [0.05, 0.1) is 18.8 Å². The van der Waals surface area contributed by atoms with Crippen molar-refractivity contribution in [2.45, 2.75) is 12.5 Å². The fraction of sp³-hybridized carbons (Fsp3) is 0.364. The molecule has 1 saturated heterocycles. The quantitative estimate of drug-likeness (QED) is 0.600. The molecule has 4 nitrogen and oxygen atoms in total. The van der Waals surface area contributed by atoms with Crippen molar-refractivity contribution in [3.63, 3.8) is 0 Å². The van der Waals surface area contributed by atoms with Gasteiger partial charge < -0.3 is 15.2 Å². The van der Waals surface area contributed by atoms with Crippen molar-refractivity contribution in [2.24, 2.45) is 5.73 Å². The normalized spacial score (nSPS) is 19.7. The predicted molar refractivity (Wildman–Crippen MR) is 57.3 cm³/mol. The van der Waals surface area contributed by atoms with Crippen molar-refractivity contribution in [3.05, 3.63) is 29.6 Å². The first-order valence-corrected chi connectivity index (χ1v) is 5.06. The minimum absolute atomic E-state index is 0.0226. The molecule has 1 heterocycles. The first-order chi connectivity index (χ1) is 7.68. The van der Waals surface area contributed by atoms with E-state index in [-0.39, 0.29) is 17.5 Å². The first-order valence-electron chi connectivity index (χ1n) is 5.06. The largest absolute Gasteiger partial charge is 0.487 e. The number of ether oxygens (including phenoxy) is 2. The van der Waals surface area contributed by atoms with Crippen LogP contribution in [0.3, 0.4) is 0 Å². The maximum absolute atomic E-state index is 13.4. The average molecular weight is 224 g/mol. The minimum Gasteiger partial charge on any atom is -0.487 e. The molecule has 16 heavy (non-hydrogen) atoms. The van der Waals surface area contributed by atoms with Gasteiger partial charge >= 0.3 is 0 Å². The first kappa shape index (κ1) is 10.9. The van der Waals surface area contributed by atoms with Crippen molar-refractivity contribution in [1.82, 2.24) is 0 Å². The SMILES string of the molecule is N=C(N)c1c(F)cccc1OC1CCOC1. The molecule has 0 bridgehead atoms. The van der Waals surface area contributed by atoms with Crippen LogP contribution in [0.4, 0.5) is 4.39 Å². The zero-order chi connectivity index (χ0) is 11.5. The van der Waals surface area contributed by atoms with Gasteiger partial charge in [-0.1, -0.05) is 6.07 Å². The lowest BCUT2D eigenvalue weighted by Gasteiger charge is -2.15. The molecule has 1 aromatic carbocycles. The molecule has 1 unspecified atom stereocenters. The van der Waals surface area contributed by atoms with E-state index in [2.05, 4.69) is 0 Å². The lowest BCUT2D eigenvalue weighted by atomic mass is 10.1. The van der Waals surface area contributed by atoms with E-state index in [1.165, 1.54) is 12.1 Å². The summed E-state index contributed by atoms with van der Waals surface area (Å²) in [5.41, 5.74) is 5.34. The fourth-order valence-electron chi connectivity index (χ4n) is 1.65. The Morgan fingerprint density at radius 3 is 3.00 bits per heavy atom. The molecule has 1 fully saturated rings. The summed E-state index contributed by atoms with van der Waals surface area (Å²) in [6.45, 7) is 1.14. The van der Waals surface area contributed by atoms with Gasteiger partial charge in [-0.15, -0.1) is 0 Å². The molecule has 1 aliphatic heterocycles. The molecule has 0 aromatic heterocycles. The summed E-state index contributed by atoms with van der Waals surface area (Å²) in [6.07, 6.45) is 0.688. The Morgan fingerprint density at radius 2 is 2.38 bits per heavy atom. The van der Waals surface area contributed by atoms with Crippen LogP contribution in [0, 0.1) is 11.2 Å². The third-order valence-electron chi connectivity index (χ3n) is 2.43. The summed E-state index contributed by atoms with van der Waals surface area (Å²) in [6, 6.07) is 4.40. The Balaban J connectivity index is 2.25. The van der Waals surface area contributed by atoms with E-state index in [4.69, 9.17) is 20.6 Å². The van der Waals surface area contributed by atoms with Crippen molar-refractivity contribution >= 4 is 5.84 Å². The Labute approximate surface area is 92.7 Å². The third-order valence-corrected chi connectivity index (χ3v) is 2.43. The minimum atomic E-state index is -0.538. The molecule has 1 atom stereocenters. The predicted octanol–water partition coefficient (Wildman–Crippen LogP) is 1.28. The van der Waals surface area contributed by atoms with Gasteiger partial charge in [-0.25, -0.2) is 4.39 Å². The van der Waals surface area contributed by atoms with Crippen LogP contribution in [0.1, 0.15) is 12.0 Å². The van der Waals surface area contributed by atoms with Crippen molar-refractivity contribution in [3.8, 4) is 5.75 Å². The van der Waals surface area contributed by atoms with Crippen LogP contribution in [-0.4, -0.2) is 25.2 Å². The Hall–Kier alpha value is -1.62. The zero-order valence-electron chi connectivity index (χ0n) is 8.70. The Bertz CT molecular complexity index is 403. The summed E-state index contributed by atoms with van der Waals surface area (Å²) < 4.78 is 24.2. The van der Waals surface area contributed by atoms with E-state index in [9.17, 15) is 4.39 Å². The number of rotatable bonds is 3. The van der Waals surface area contributed by atoms with Crippen LogP contribution >= 0.6 is 0 Å². The third kappa shape index (κ3) is 2.14. The van der Waals surface area contributed by atoms with Gasteiger partial charge in [-0.3, -0.25) is 5.41 Å². The molecule has 5 heteroatoms. The van der Waals surface area contributed by atoms with Crippen LogP contribution < -0.4 is 10.5 Å². The van der Waals surface area contributed by atoms with E-state index in [0.717, 1.165) is 6.42 Å². The Morgan fingerprint density at radius 1 is 1.56 bits per heavy atom. The van der Waals surface area contributed by atoms with Crippen LogP contribution in [0.5, 0.6) is 5.75 Å². The van der Waals surface area contributed by atoms with Gasteiger partial charge in [0, 0.05) is 6.42 Å². The van der Waals surface area contributed by atoms with Crippen LogP contribution in [-0.2, 0) is 4.74 Å². The molecule has 0 amide bonds.